The minimum absolute atomic E-state index is 0.0197. The fraction of sp³-hybridized carbons (Fsp3) is 0.296. The van der Waals surface area contributed by atoms with Crippen molar-refractivity contribution in [3.05, 3.63) is 95.1 Å². The van der Waals surface area contributed by atoms with Gasteiger partial charge in [0.25, 0.3) is 0 Å². The number of anilines is 2. The number of hydrogen-bond acceptors (Lipinski definition) is 2. The molecular formula is C27H27F2N3O. The van der Waals surface area contributed by atoms with E-state index in [1.54, 1.807) is 4.90 Å². The number of hydrogen-bond donors (Lipinski definition) is 1. The monoisotopic (exact) mass is 447 g/mol. The molecule has 3 aromatic carbocycles. The maximum Gasteiger partial charge on any atom is 0.326 e. The van der Waals surface area contributed by atoms with Crippen LogP contribution in [0.1, 0.15) is 29.5 Å². The number of urea groups is 1. The summed E-state index contributed by atoms with van der Waals surface area (Å²) in [5.41, 5.74) is 4.39. The van der Waals surface area contributed by atoms with E-state index in [-0.39, 0.29) is 11.1 Å². The molecule has 6 heteroatoms. The third kappa shape index (κ3) is 4.23. The second kappa shape index (κ2) is 8.60. The zero-order valence-electron chi connectivity index (χ0n) is 18.7. The molecule has 33 heavy (non-hydrogen) atoms. The Kier molecular flexibility index (Phi) is 5.62. The summed E-state index contributed by atoms with van der Waals surface area (Å²) in [6.45, 7) is 5.44. The topological polar surface area (TPSA) is 35.6 Å². The van der Waals surface area contributed by atoms with Crippen LogP contribution >= 0.6 is 0 Å². The van der Waals surface area contributed by atoms with Crippen LogP contribution < -0.4 is 10.2 Å². The Bertz CT molecular complexity index is 1170. The number of aryl methyl sites for hydroxylation is 1. The lowest BCUT2D eigenvalue weighted by Crippen LogP contribution is -2.46. The summed E-state index contributed by atoms with van der Waals surface area (Å²) in [7, 11) is 0. The van der Waals surface area contributed by atoms with Crippen LogP contribution in [0.3, 0.4) is 0 Å². The quantitative estimate of drug-likeness (QED) is 0.546. The highest BCUT2D eigenvalue weighted by molar-refractivity contribution is 6.03. The molecule has 2 aliphatic heterocycles. The molecular weight excluding hydrogens is 420 g/mol. The Morgan fingerprint density at radius 1 is 1.00 bits per heavy atom. The van der Waals surface area contributed by atoms with Gasteiger partial charge in [-0.3, -0.25) is 9.80 Å². The first-order chi connectivity index (χ1) is 15.9. The average Bonchev–Trinajstić information content (AvgIpc) is 3.11. The summed E-state index contributed by atoms with van der Waals surface area (Å²) in [6, 6.07) is 19.4. The van der Waals surface area contributed by atoms with Crippen LogP contribution in [0.15, 0.2) is 66.7 Å². The Morgan fingerprint density at radius 3 is 2.48 bits per heavy atom. The molecule has 2 heterocycles. The number of amides is 2. The molecule has 4 nitrogen and oxygen atoms in total. The molecule has 2 amide bonds. The van der Waals surface area contributed by atoms with Gasteiger partial charge in [-0.1, -0.05) is 48.0 Å². The summed E-state index contributed by atoms with van der Waals surface area (Å²) in [4.78, 5) is 17.4. The van der Waals surface area contributed by atoms with Gasteiger partial charge in [-0.15, -0.1) is 0 Å². The molecule has 1 N–H and O–H groups in total. The van der Waals surface area contributed by atoms with Crippen LogP contribution in [-0.4, -0.2) is 30.6 Å². The maximum absolute atomic E-state index is 14.1. The summed E-state index contributed by atoms with van der Waals surface area (Å²) < 4.78 is 27.4. The molecule has 1 fully saturated rings. The van der Waals surface area contributed by atoms with Crippen molar-refractivity contribution in [3.63, 3.8) is 0 Å². The number of benzene rings is 3. The number of nitrogens with one attached hydrogen (secondary N) is 1. The van der Waals surface area contributed by atoms with Crippen molar-refractivity contribution in [2.75, 3.05) is 29.9 Å². The van der Waals surface area contributed by atoms with Gasteiger partial charge < -0.3 is 5.32 Å². The minimum atomic E-state index is -0.782. The van der Waals surface area contributed by atoms with Gasteiger partial charge in [-0.2, -0.15) is 0 Å². The SMILES string of the molecule is Cc1ccc2c(c1)C1(CCN(Cc3ccccc3)CC1)CN2C(=O)Nc1ccc(F)cc1F. The van der Waals surface area contributed by atoms with Gasteiger partial charge in [0.15, 0.2) is 0 Å². The highest BCUT2D eigenvalue weighted by atomic mass is 19.1. The fourth-order valence-electron chi connectivity index (χ4n) is 5.15. The smallest absolute Gasteiger partial charge is 0.305 e. The molecule has 0 atom stereocenters. The second-order valence-electron chi connectivity index (χ2n) is 9.20. The van der Waals surface area contributed by atoms with Gasteiger partial charge in [-0.25, -0.2) is 13.6 Å². The van der Waals surface area contributed by atoms with Crippen LogP contribution in [0.25, 0.3) is 0 Å². The van der Waals surface area contributed by atoms with E-state index in [2.05, 4.69) is 47.5 Å². The van der Waals surface area contributed by atoms with E-state index in [4.69, 9.17) is 0 Å². The lowest BCUT2D eigenvalue weighted by atomic mass is 9.74. The van der Waals surface area contributed by atoms with Crippen molar-refractivity contribution in [1.82, 2.24) is 4.90 Å². The third-order valence-electron chi connectivity index (χ3n) is 6.96. The Balaban J connectivity index is 1.36. The van der Waals surface area contributed by atoms with Crippen molar-refractivity contribution >= 4 is 17.4 Å². The van der Waals surface area contributed by atoms with Gasteiger partial charge in [0.1, 0.15) is 11.6 Å². The Labute approximate surface area is 192 Å². The first-order valence-corrected chi connectivity index (χ1v) is 11.3. The molecule has 3 aromatic rings. The lowest BCUT2D eigenvalue weighted by molar-refractivity contribution is 0.160. The third-order valence-corrected chi connectivity index (χ3v) is 6.96. The summed E-state index contributed by atoms with van der Waals surface area (Å²) in [5.74, 6) is -1.45. The summed E-state index contributed by atoms with van der Waals surface area (Å²) in [5, 5.41) is 2.63. The van der Waals surface area contributed by atoms with Gasteiger partial charge in [-0.05, 0) is 62.2 Å². The largest absolute Gasteiger partial charge is 0.326 e. The first-order valence-electron chi connectivity index (χ1n) is 11.3. The van der Waals surface area contributed by atoms with Crippen LogP contribution in [0.5, 0.6) is 0 Å². The molecule has 2 aliphatic rings. The minimum Gasteiger partial charge on any atom is -0.305 e. The van der Waals surface area contributed by atoms with E-state index in [0.29, 0.717) is 6.54 Å². The van der Waals surface area contributed by atoms with Crippen LogP contribution in [0.4, 0.5) is 25.0 Å². The number of halogens is 2. The average molecular weight is 448 g/mol. The van der Waals surface area contributed by atoms with E-state index in [1.165, 1.54) is 17.2 Å². The number of nitrogens with zero attached hydrogens (tertiary/aromatic N) is 2. The first kappa shape index (κ1) is 21.6. The van der Waals surface area contributed by atoms with Gasteiger partial charge in [0, 0.05) is 30.3 Å². The molecule has 0 radical (unpaired) electrons. The number of carbonyl (C=O) groups excluding carboxylic acids is 1. The predicted molar refractivity (Wildman–Crippen MR) is 127 cm³/mol. The molecule has 170 valence electrons. The van der Waals surface area contributed by atoms with Gasteiger partial charge >= 0.3 is 6.03 Å². The van der Waals surface area contributed by atoms with E-state index < -0.39 is 17.7 Å². The summed E-state index contributed by atoms with van der Waals surface area (Å²) >= 11 is 0. The number of carbonyl (C=O) groups is 1. The molecule has 0 bridgehead atoms. The normalized spacial score (nSPS) is 17.2. The molecule has 0 unspecified atom stereocenters. The highest BCUT2D eigenvalue weighted by Crippen LogP contribution is 2.47. The van der Waals surface area contributed by atoms with Gasteiger partial charge in [0.05, 0.1) is 5.69 Å². The van der Waals surface area contributed by atoms with Crippen LogP contribution in [-0.2, 0) is 12.0 Å². The van der Waals surface area contributed by atoms with E-state index in [1.807, 2.05) is 18.2 Å². The molecule has 0 aliphatic carbocycles. The standard InChI is InChI=1S/C27H27F2N3O/c1-19-7-10-25-22(15-19)27(11-13-31(14-12-27)17-20-5-3-2-4-6-20)18-32(25)26(33)30-24-9-8-21(28)16-23(24)29/h2-10,15-16H,11-14,17-18H2,1H3,(H,30,33). The highest BCUT2D eigenvalue weighted by Gasteiger charge is 2.46. The number of fused-ring (bicyclic) bond motifs is 2. The molecule has 0 aromatic heterocycles. The van der Waals surface area contributed by atoms with E-state index >= 15 is 0 Å². The molecule has 0 saturated carbocycles. The summed E-state index contributed by atoms with van der Waals surface area (Å²) in [6.07, 6.45) is 1.90. The van der Waals surface area contributed by atoms with E-state index in [0.717, 1.165) is 55.9 Å². The van der Waals surface area contributed by atoms with Crippen LogP contribution in [0.2, 0.25) is 0 Å². The number of likely N-dealkylation sites (tertiary alicyclic amines) is 1. The lowest BCUT2D eigenvalue weighted by Gasteiger charge is -2.40. The number of rotatable bonds is 3. The molecule has 5 rings (SSSR count). The molecule has 1 spiro atoms. The van der Waals surface area contributed by atoms with Crippen molar-refractivity contribution in [3.8, 4) is 0 Å². The van der Waals surface area contributed by atoms with Crippen molar-refractivity contribution < 1.29 is 13.6 Å². The van der Waals surface area contributed by atoms with Gasteiger partial charge in [0.2, 0.25) is 0 Å². The van der Waals surface area contributed by atoms with Crippen molar-refractivity contribution in [2.45, 2.75) is 31.7 Å². The van der Waals surface area contributed by atoms with Crippen LogP contribution in [0, 0.1) is 18.6 Å². The second-order valence-corrected chi connectivity index (χ2v) is 9.20. The maximum atomic E-state index is 14.1. The fourth-order valence-corrected chi connectivity index (χ4v) is 5.15. The number of piperidine rings is 1. The Morgan fingerprint density at radius 2 is 1.76 bits per heavy atom. The van der Waals surface area contributed by atoms with E-state index in [9.17, 15) is 13.6 Å². The van der Waals surface area contributed by atoms with Crippen molar-refractivity contribution in [2.24, 2.45) is 0 Å². The predicted octanol–water partition coefficient (Wildman–Crippen LogP) is 5.86. The zero-order valence-corrected chi connectivity index (χ0v) is 18.7. The molecule has 1 saturated heterocycles. The Hall–Kier alpha value is -3.25. The van der Waals surface area contributed by atoms with Crippen molar-refractivity contribution in [1.29, 1.82) is 0 Å². The zero-order chi connectivity index (χ0) is 23.0.